The van der Waals surface area contributed by atoms with Crippen molar-refractivity contribution in [1.82, 2.24) is 15.2 Å². The molecule has 1 heterocycles. The molecule has 1 aromatic rings. The highest BCUT2D eigenvalue weighted by Crippen LogP contribution is 2.16. The number of nitrogens with zero attached hydrogens (tertiary/aromatic N) is 2. The van der Waals surface area contributed by atoms with E-state index in [0.717, 1.165) is 17.9 Å². The van der Waals surface area contributed by atoms with Gasteiger partial charge >= 0.3 is 0 Å². The van der Waals surface area contributed by atoms with Crippen molar-refractivity contribution in [3.63, 3.8) is 0 Å². The number of carbonyl (C=O) groups excluding carboxylic acids is 1. The van der Waals surface area contributed by atoms with E-state index in [9.17, 15) is 4.79 Å². The maximum absolute atomic E-state index is 11.5. The Bertz CT molecular complexity index is 405. The molecule has 0 radical (unpaired) electrons. The zero-order chi connectivity index (χ0) is 13.5. The highest BCUT2D eigenvalue weighted by molar-refractivity contribution is 5.77. The second-order valence-electron chi connectivity index (χ2n) is 4.25. The second kappa shape index (κ2) is 6.96. The van der Waals surface area contributed by atoms with Gasteiger partial charge in [-0.3, -0.25) is 9.78 Å². The van der Waals surface area contributed by atoms with Crippen LogP contribution in [-0.2, 0) is 11.3 Å². The quantitative estimate of drug-likeness (QED) is 0.818. The molecule has 5 heteroatoms. The number of ether oxygens (including phenoxy) is 1. The van der Waals surface area contributed by atoms with Gasteiger partial charge in [0, 0.05) is 26.3 Å². The van der Waals surface area contributed by atoms with Crippen LogP contribution in [0.15, 0.2) is 12.1 Å². The first kappa shape index (κ1) is 14.4. The number of aromatic nitrogens is 1. The van der Waals surface area contributed by atoms with Crippen molar-refractivity contribution in [2.75, 3.05) is 27.2 Å². The summed E-state index contributed by atoms with van der Waals surface area (Å²) in [5.74, 6) is 0.599. The molecule has 0 atom stereocenters. The van der Waals surface area contributed by atoms with E-state index in [-0.39, 0.29) is 12.5 Å². The third-order valence-corrected chi connectivity index (χ3v) is 2.46. The summed E-state index contributed by atoms with van der Waals surface area (Å²) < 4.78 is 5.52. The minimum atomic E-state index is -0.0648. The molecule has 0 unspecified atom stereocenters. The molecule has 0 saturated heterocycles. The third kappa shape index (κ3) is 4.33. The topological polar surface area (TPSA) is 54.5 Å². The average molecular weight is 251 g/mol. The second-order valence-corrected chi connectivity index (χ2v) is 4.25. The Morgan fingerprint density at radius 3 is 2.78 bits per heavy atom. The Morgan fingerprint density at radius 1 is 1.44 bits per heavy atom. The minimum Gasteiger partial charge on any atom is -0.482 e. The van der Waals surface area contributed by atoms with Crippen molar-refractivity contribution in [2.24, 2.45) is 0 Å². The first-order chi connectivity index (χ1) is 8.54. The standard InChI is InChI=1S/C13H21N3O2/c1-5-14-8-11-12(7-6-10(2)15-11)18-9-13(17)16(3)4/h6-7,14H,5,8-9H2,1-4H3. The van der Waals surface area contributed by atoms with Crippen LogP contribution in [0.4, 0.5) is 0 Å². The summed E-state index contributed by atoms with van der Waals surface area (Å²) in [6.45, 7) is 5.52. The number of pyridine rings is 1. The molecule has 0 saturated carbocycles. The molecule has 0 aliphatic carbocycles. The van der Waals surface area contributed by atoms with Crippen LogP contribution in [0.1, 0.15) is 18.3 Å². The fourth-order valence-corrected chi connectivity index (χ4v) is 1.37. The highest BCUT2D eigenvalue weighted by atomic mass is 16.5. The van der Waals surface area contributed by atoms with E-state index in [2.05, 4.69) is 10.3 Å². The van der Waals surface area contributed by atoms with E-state index in [1.54, 1.807) is 14.1 Å². The largest absolute Gasteiger partial charge is 0.482 e. The predicted molar refractivity (Wildman–Crippen MR) is 70.5 cm³/mol. The van der Waals surface area contributed by atoms with Crippen LogP contribution in [0.3, 0.4) is 0 Å². The molecule has 1 rings (SSSR count). The van der Waals surface area contributed by atoms with Gasteiger partial charge in [0.05, 0.1) is 5.69 Å². The van der Waals surface area contributed by atoms with Crippen LogP contribution in [0.2, 0.25) is 0 Å². The van der Waals surface area contributed by atoms with Crippen molar-refractivity contribution < 1.29 is 9.53 Å². The zero-order valence-corrected chi connectivity index (χ0v) is 11.5. The van der Waals surface area contributed by atoms with Gasteiger partial charge in [0.25, 0.3) is 5.91 Å². The minimum absolute atomic E-state index is 0.0386. The van der Waals surface area contributed by atoms with Gasteiger partial charge in [0.15, 0.2) is 6.61 Å². The van der Waals surface area contributed by atoms with E-state index < -0.39 is 0 Å². The predicted octanol–water partition coefficient (Wildman–Crippen LogP) is 0.967. The van der Waals surface area contributed by atoms with E-state index in [4.69, 9.17) is 4.74 Å². The van der Waals surface area contributed by atoms with E-state index in [0.29, 0.717) is 12.3 Å². The molecular weight excluding hydrogens is 230 g/mol. The molecular formula is C13H21N3O2. The Labute approximate surface area is 108 Å². The van der Waals surface area contributed by atoms with Gasteiger partial charge in [-0.15, -0.1) is 0 Å². The summed E-state index contributed by atoms with van der Waals surface area (Å²) in [4.78, 5) is 17.4. The lowest BCUT2D eigenvalue weighted by Crippen LogP contribution is -2.28. The summed E-state index contributed by atoms with van der Waals surface area (Å²) >= 11 is 0. The number of nitrogens with one attached hydrogen (secondary N) is 1. The molecule has 1 aromatic heterocycles. The monoisotopic (exact) mass is 251 g/mol. The smallest absolute Gasteiger partial charge is 0.259 e. The van der Waals surface area contributed by atoms with Crippen LogP contribution >= 0.6 is 0 Å². The lowest BCUT2D eigenvalue weighted by molar-refractivity contribution is -0.130. The molecule has 0 fully saturated rings. The van der Waals surface area contributed by atoms with Crippen molar-refractivity contribution in [3.05, 3.63) is 23.5 Å². The summed E-state index contributed by atoms with van der Waals surface area (Å²) in [7, 11) is 3.41. The SMILES string of the molecule is CCNCc1nc(C)ccc1OCC(=O)N(C)C. The molecule has 100 valence electrons. The number of amides is 1. The number of likely N-dealkylation sites (N-methyl/N-ethyl adjacent to an activating group) is 1. The molecule has 0 aliphatic rings. The van der Waals surface area contributed by atoms with Crippen LogP contribution in [-0.4, -0.2) is 43.0 Å². The van der Waals surface area contributed by atoms with Gasteiger partial charge in [-0.1, -0.05) is 6.92 Å². The molecule has 0 spiro atoms. The van der Waals surface area contributed by atoms with Crippen molar-refractivity contribution >= 4 is 5.91 Å². The van der Waals surface area contributed by atoms with Gasteiger partial charge in [0.1, 0.15) is 5.75 Å². The maximum atomic E-state index is 11.5. The molecule has 1 amide bonds. The van der Waals surface area contributed by atoms with E-state index >= 15 is 0 Å². The Kier molecular flexibility index (Phi) is 5.58. The average Bonchev–Trinajstić information content (AvgIpc) is 2.34. The Morgan fingerprint density at radius 2 is 2.17 bits per heavy atom. The first-order valence-electron chi connectivity index (χ1n) is 6.04. The number of hydrogen-bond donors (Lipinski definition) is 1. The molecule has 18 heavy (non-hydrogen) atoms. The van der Waals surface area contributed by atoms with E-state index in [1.165, 1.54) is 4.90 Å². The highest BCUT2D eigenvalue weighted by Gasteiger charge is 2.09. The lowest BCUT2D eigenvalue weighted by Gasteiger charge is -2.14. The van der Waals surface area contributed by atoms with Gasteiger partial charge in [-0.05, 0) is 25.6 Å². The third-order valence-electron chi connectivity index (χ3n) is 2.46. The summed E-state index contributed by atoms with van der Waals surface area (Å²) in [6.07, 6.45) is 0. The molecule has 0 bridgehead atoms. The number of rotatable bonds is 6. The maximum Gasteiger partial charge on any atom is 0.259 e. The fourth-order valence-electron chi connectivity index (χ4n) is 1.37. The van der Waals surface area contributed by atoms with Crippen molar-refractivity contribution in [2.45, 2.75) is 20.4 Å². The van der Waals surface area contributed by atoms with Crippen LogP contribution in [0, 0.1) is 6.92 Å². The van der Waals surface area contributed by atoms with Gasteiger partial charge in [-0.2, -0.15) is 0 Å². The Hall–Kier alpha value is -1.62. The van der Waals surface area contributed by atoms with Crippen molar-refractivity contribution in [3.8, 4) is 5.75 Å². The number of aryl methyl sites for hydroxylation is 1. The molecule has 5 nitrogen and oxygen atoms in total. The summed E-state index contributed by atoms with van der Waals surface area (Å²) in [5.41, 5.74) is 1.78. The van der Waals surface area contributed by atoms with Crippen molar-refractivity contribution in [1.29, 1.82) is 0 Å². The summed E-state index contributed by atoms with van der Waals surface area (Å²) in [6, 6.07) is 3.74. The normalized spacial score (nSPS) is 10.2. The molecule has 0 aromatic carbocycles. The van der Waals surface area contributed by atoms with Crippen LogP contribution in [0.5, 0.6) is 5.75 Å². The lowest BCUT2D eigenvalue weighted by atomic mass is 10.3. The molecule has 0 aliphatic heterocycles. The zero-order valence-electron chi connectivity index (χ0n) is 11.5. The van der Waals surface area contributed by atoms with Crippen LogP contribution in [0.25, 0.3) is 0 Å². The van der Waals surface area contributed by atoms with Gasteiger partial charge in [-0.25, -0.2) is 0 Å². The number of carbonyl (C=O) groups is 1. The van der Waals surface area contributed by atoms with Crippen LogP contribution < -0.4 is 10.1 Å². The molecule has 1 N–H and O–H groups in total. The Balaban J connectivity index is 2.71. The fraction of sp³-hybridized carbons (Fsp3) is 0.538. The van der Waals surface area contributed by atoms with E-state index in [1.807, 2.05) is 26.0 Å². The number of hydrogen-bond acceptors (Lipinski definition) is 4. The van der Waals surface area contributed by atoms with Gasteiger partial charge in [0.2, 0.25) is 0 Å². The van der Waals surface area contributed by atoms with Gasteiger partial charge < -0.3 is 15.0 Å². The summed E-state index contributed by atoms with van der Waals surface area (Å²) in [5, 5.41) is 3.20. The first-order valence-corrected chi connectivity index (χ1v) is 6.04.